The zero-order valence-corrected chi connectivity index (χ0v) is 17.5. The first-order valence-electron chi connectivity index (χ1n) is 9.06. The number of hydrogen-bond acceptors (Lipinski definition) is 1. The van der Waals surface area contributed by atoms with E-state index in [9.17, 15) is 0 Å². The van der Waals surface area contributed by atoms with Crippen LogP contribution in [0.3, 0.4) is 0 Å². The van der Waals surface area contributed by atoms with E-state index in [4.69, 9.17) is 0 Å². The number of unbranched alkanes of at least 4 members (excludes halogenated alkanes) is 9. The van der Waals surface area contributed by atoms with Gasteiger partial charge in [-0.3, -0.25) is 0 Å². The Morgan fingerprint density at radius 3 is 1.71 bits per heavy atom. The van der Waals surface area contributed by atoms with E-state index in [0.717, 1.165) is 0 Å². The van der Waals surface area contributed by atoms with Crippen molar-refractivity contribution in [3.05, 3.63) is 0 Å². The fourth-order valence-electron chi connectivity index (χ4n) is 2.52. The molecule has 130 valence electrons. The van der Waals surface area contributed by atoms with Crippen LogP contribution in [0.4, 0.5) is 0 Å². The van der Waals surface area contributed by atoms with Crippen molar-refractivity contribution in [2.24, 2.45) is 0 Å². The Balaban J connectivity index is 0. The highest BCUT2D eigenvalue weighted by Crippen LogP contribution is 2.10. The SMILES string of the molecule is CCCCCCCCCCCC[NH2+]C(C)C(C)(C)NC.[I-]. The molecule has 0 radical (unpaired) electrons. The molecule has 0 aromatic carbocycles. The third-order valence-electron chi connectivity index (χ3n) is 4.86. The Labute approximate surface area is 151 Å². The van der Waals surface area contributed by atoms with E-state index in [2.05, 4.69) is 45.4 Å². The Bertz CT molecular complexity index is 207. The van der Waals surface area contributed by atoms with Crippen molar-refractivity contribution in [1.82, 2.24) is 5.32 Å². The summed E-state index contributed by atoms with van der Waals surface area (Å²) in [6.07, 6.45) is 14.3. The van der Waals surface area contributed by atoms with Gasteiger partial charge in [0.25, 0.3) is 0 Å². The maximum absolute atomic E-state index is 3.40. The number of halogens is 1. The lowest BCUT2D eigenvalue weighted by molar-refractivity contribution is -0.693. The van der Waals surface area contributed by atoms with E-state index in [1.54, 1.807) is 0 Å². The number of quaternary nitrogens is 1. The molecule has 1 atom stereocenters. The molecule has 21 heavy (non-hydrogen) atoms. The highest BCUT2D eigenvalue weighted by Gasteiger charge is 2.25. The van der Waals surface area contributed by atoms with Crippen LogP contribution in [0, 0.1) is 0 Å². The average Bonchev–Trinajstić information content (AvgIpc) is 2.44. The Morgan fingerprint density at radius 2 is 1.29 bits per heavy atom. The van der Waals surface area contributed by atoms with Crippen LogP contribution in [0.25, 0.3) is 0 Å². The van der Waals surface area contributed by atoms with Gasteiger partial charge in [0.05, 0.1) is 12.1 Å². The molecular formula is C18H41IN2. The minimum Gasteiger partial charge on any atom is -1.00 e. The van der Waals surface area contributed by atoms with Crippen molar-refractivity contribution < 1.29 is 29.3 Å². The van der Waals surface area contributed by atoms with Gasteiger partial charge < -0.3 is 34.6 Å². The summed E-state index contributed by atoms with van der Waals surface area (Å²) >= 11 is 0. The van der Waals surface area contributed by atoms with Gasteiger partial charge in [0, 0.05) is 0 Å². The van der Waals surface area contributed by atoms with Crippen molar-refractivity contribution in [2.45, 2.75) is 103 Å². The number of hydrogen-bond donors (Lipinski definition) is 2. The second kappa shape index (κ2) is 15.5. The fourth-order valence-corrected chi connectivity index (χ4v) is 2.52. The molecule has 0 aliphatic rings. The summed E-state index contributed by atoms with van der Waals surface area (Å²) in [4.78, 5) is 0. The quantitative estimate of drug-likeness (QED) is 0.322. The molecule has 0 aliphatic heterocycles. The largest absolute Gasteiger partial charge is 1.00 e. The lowest BCUT2D eigenvalue weighted by Gasteiger charge is -2.29. The molecule has 0 saturated carbocycles. The third-order valence-corrected chi connectivity index (χ3v) is 4.86. The van der Waals surface area contributed by atoms with Gasteiger partial charge in [0.15, 0.2) is 0 Å². The summed E-state index contributed by atoms with van der Waals surface area (Å²) < 4.78 is 0. The number of nitrogens with one attached hydrogen (secondary N) is 1. The molecule has 0 rings (SSSR count). The zero-order valence-electron chi connectivity index (χ0n) is 15.3. The van der Waals surface area contributed by atoms with Crippen molar-refractivity contribution in [1.29, 1.82) is 0 Å². The summed E-state index contributed by atoms with van der Waals surface area (Å²) in [5.74, 6) is 0. The molecule has 2 nitrogen and oxygen atoms in total. The number of rotatable bonds is 14. The van der Waals surface area contributed by atoms with Gasteiger partial charge in [0.2, 0.25) is 0 Å². The highest BCUT2D eigenvalue weighted by molar-refractivity contribution is 4.80. The summed E-state index contributed by atoms with van der Waals surface area (Å²) in [6.45, 7) is 10.5. The number of nitrogens with two attached hydrogens (primary N) is 1. The van der Waals surface area contributed by atoms with Crippen molar-refractivity contribution in [3.8, 4) is 0 Å². The molecule has 0 fully saturated rings. The van der Waals surface area contributed by atoms with E-state index in [0.29, 0.717) is 6.04 Å². The van der Waals surface area contributed by atoms with E-state index >= 15 is 0 Å². The number of likely N-dealkylation sites (N-methyl/N-ethyl adjacent to an activating group) is 1. The topological polar surface area (TPSA) is 28.6 Å². The summed E-state index contributed by atoms with van der Waals surface area (Å²) in [5, 5.41) is 5.90. The second-order valence-corrected chi connectivity index (χ2v) is 6.97. The van der Waals surface area contributed by atoms with Crippen LogP contribution in [-0.4, -0.2) is 25.2 Å². The predicted octanol–water partition coefficient (Wildman–Crippen LogP) is 0.861. The Hall–Kier alpha value is 0.650. The maximum Gasteiger partial charge on any atom is 0.101 e. The summed E-state index contributed by atoms with van der Waals surface area (Å²) in [6, 6.07) is 0.645. The molecule has 0 heterocycles. The molecular weight excluding hydrogens is 371 g/mol. The Kier molecular flexibility index (Phi) is 17.7. The van der Waals surface area contributed by atoms with Gasteiger partial charge >= 0.3 is 0 Å². The van der Waals surface area contributed by atoms with Crippen LogP contribution in [0.2, 0.25) is 0 Å². The van der Waals surface area contributed by atoms with Gasteiger partial charge in [-0.25, -0.2) is 0 Å². The molecule has 0 bridgehead atoms. The molecule has 3 N–H and O–H groups in total. The summed E-state index contributed by atoms with van der Waals surface area (Å²) in [5.41, 5.74) is 0.235. The molecule has 0 aromatic heterocycles. The van der Waals surface area contributed by atoms with Crippen LogP contribution in [0.15, 0.2) is 0 Å². The normalized spacial score (nSPS) is 13.0. The first-order chi connectivity index (χ1) is 9.54. The van der Waals surface area contributed by atoms with E-state index < -0.39 is 0 Å². The second-order valence-electron chi connectivity index (χ2n) is 6.97. The summed E-state index contributed by atoms with van der Waals surface area (Å²) in [7, 11) is 2.06. The van der Waals surface area contributed by atoms with E-state index in [1.165, 1.54) is 70.8 Å². The highest BCUT2D eigenvalue weighted by atomic mass is 127. The fraction of sp³-hybridized carbons (Fsp3) is 1.00. The standard InChI is InChI=1S/C18H40N2.HI/c1-6-7-8-9-10-11-12-13-14-15-16-20-17(2)18(3,4)19-5;/h17,19-20H,6-16H2,1-5H3;1H. The van der Waals surface area contributed by atoms with Crippen LogP contribution in [0.5, 0.6) is 0 Å². The van der Waals surface area contributed by atoms with Gasteiger partial charge in [-0.15, -0.1) is 0 Å². The molecule has 1 unspecified atom stereocenters. The molecule has 0 saturated heterocycles. The maximum atomic E-state index is 3.40. The predicted molar refractivity (Wildman–Crippen MR) is 91.2 cm³/mol. The average molecular weight is 412 g/mol. The monoisotopic (exact) mass is 412 g/mol. The van der Waals surface area contributed by atoms with Gasteiger partial charge in [-0.05, 0) is 40.7 Å². The van der Waals surface area contributed by atoms with Crippen LogP contribution >= 0.6 is 0 Å². The third kappa shape index (κ3) is 14.0. The first-order valence-corrected chi connectivity index (χ1v) is 9.06. The van der Waals surface area contributed by atoms with Gasteiger partial charge in [-0.2, -0.15) is 0 Å². The lowest BCUT2D eigenvalue weighted by atomic mass is 9.96. The zero-order chi connectivity index (χ0) is 15.3. The van der Waals surface area contributed by atoms with Crippen LogP contribution in [-0.2, 0) is 0 Å². The lowest BCUT2D eigenvalue weighted by Crippen LogP contribution is -3.00. The molecule has 0 aliphatic carbocycles. The molecule has 3 heteroatoms. The first kappa shape index (κ1) is 23.9. The minimum atomic E-state index is 0. The van der Waals surface area contributed by atoms with Gasteiger partial charge in [-0.1, -0.05) is 58.3 Å². The van der Waals surface area contributed by atoms with Crippen molar-refractivity contribution in [2.75, 3.05) is 13.6 Å². The van der Waals surface area contributed by atoms with E-state index in [1.807, 2.05) is 0 Å². The van der Waals surface area contributed by atoms with Crippen molar-refractivity contribution >= 4 is 0 Å². The van der Waals surface area contributed by atoms with Gasteiger partial charge in [0.1, 0.15) is 6.04 Å². The Morgan fingerprint density at radius 1 is 0.857 bits per heavy atom. The minimum absolute atomic E-state index is 0. The molecule has 0 spiro atoms. The van der Waals surface area contributed by atoms with Crippen LogP contribution in [0.1, 0.15) is 91.9 Å². The smallest absolute Gasteiger partial charge is 0.101 e. The molecule has 0 aromatic rings. The van der Waals surface area contributed by atoms with Crippen LogP contribution < -0.4 is 34.6 Å². The van der Waals surface area contributed by atoms with Crippen molar-refractivity contribution in [3.63, 3.8) is 0 Å². The van der Waals surface area contributed by atoms with E-state index in [-0.39, 0.29) is 29.5 Å². The molecule has 0 amide bonds.